The molecule has 3 nitrogen and oxygen atoms in total. The Morgan fingerprint density at radius 2 is 1.94 bits per heavy atom. The number of aryl methyl sites for hydroxylation is 1. The molecule has 2 rings (SSSR count). The van der Waals surface area contributed by atoms with Gasteiger partial charge in [-0.1, -0.05) is 23.7 Å². The molecule has 0 bridgehead atoms. The van der Waals surface area contributed by atoms with E-state index in [2.05, 4.69) is 9.97 Å². The van der Waals surface area contributed by atoms with E-state index in [9.17, 15) is 0 Å². The van der Waals surface area contributed by atoms with Gasteiger partial charge in [0.1, 0.15) is 5.82 Å². The molecule has 0 aliphatic heterocycles. The molecule has 1 unspecified atom stereocenters. The van der Waals surface area contributed by atoms with Gasteiger partial charge in [-0.15, -0.1) is 0 Å². The smallest absolute Gasteiger partial charge is 0.125 e. The summed E-state index contributed by atoms with van der Waals surface area (Å²) in [5.41, 5.74) is 8.13. The van der Waals surface area contributed by atoms with E-state index < -0.39 is 0 Å². The Labute approximate surface area is 106 Å². The Balaban J connectivity index is 2.11. The molecule has 1 aromatic carbocycles. The van der Waals surface area contributed by atoms with Crippen LogP contribution in [-0.4, -0.2) is 9.97 Å². The van der Waals surface area contributed by atoms with E-state index in [0.29, 0.717) is 0 Å². The molecular weight excluding hydrogens is 234 g/mol. The molecule has 17 heavy (non-hydrogen) atoms. The quantitative estimate of drug-likeness (QED) is 0.907. The number of hydrogen-bond donors (Lipinski definition) is 1. The minimum atomic E-state index is -0.113. The summed E-state index contributed by atoms with van der Waals surface area (Å²) >= 11 is 5.83. The largest absolute Gasteiger partial charge is 0.322 e. The van der Waals surface area contributed by atoms with Crippen molar-refractivity contribution in [2.75, 3.05) is 0 Å². The van der Waals surface area contributed by atoms with Crippen LogP contribution < -0.4 is 5.73 Å². The first kappa shape index (κ1) is 12.0. The van der Waals surface area contributed by atoms with Crippen LogP contribution in [0, 0.1) is 6.92 Å². The van der Waals surface area contributed by atoms with Gasteiger partial charge in [0, 0.05) is 11.2 Å². The lowest BCUT2D eigenvalue weighted by molar-refractivity contribution is 0.688. The molecule has 0 aliphatic rings. The molecule has 0 fully saturated rings. The summed E-state index contributed by atoms with van der Waals surface area (Å²) in [5.74, 6) is 0.744. The molecule has 4 heteroatoms. The fourth-order valence-electron chi connectivity index (χ4n) is 1.66. The van der Waals surface area contributed by atoms with Crippen LogP contribution in [0.1, 0.15) is 23.1 Å². The number of rotatable bonds is 3. The van der Waals surface area contributed by atoms with Crippen molar-refractivity contribution < 1.29 is 0 Å². The van der Waals surface area contributed by atoms with Crippen molar-refractivity contribution in [3.63, 3.8) is 0 Å². The van der Waals surface area contributed by atoms with Gasteiger partial charge >= 0.3 is 0 Å². The van der Waals surface area contributed by atoms with E-state index >= 15 is 0 Å². The number of nitrogens with two attached hydrogens (primary N) is 1. The molecule has 0 aliphatic carbocycles. The van der Waals surface area contributed by atoms with E-state index in [1.165, 1.54) is 0 Å². The lowest BCUT2D eigenvalue weighted by Gasteiger charge is -2.11. The maximum atomic E-state index is 6.11. The SMILES string of the molecule is Cc1nccc(C(N)Cc2ccc(Cl)cc2)n1. The Hall–Kier alpha value is -1.45. The molecule has 0 radical (unpaired) electrons. The lowest BCUT2D eigenvalue weighted by Crippen LogP contribution is -2.15. The van der Waals surface area contributed by atoms with Crippen molar-refractivity contribution in [1.29, 1.82) is 0 Å². The molecule has 1 atom stereocenters. The molecule has 1 heterocycles. The van der Waals surface area contributed by atoms with Crippen molar-refractivity contribution in [2.24, 2.45) is 5.73 Å². The zero-order valence-corrected chi connectivity index (χ0v) is 10.4. The standard InChI is InChI=1S/C13H14ClN3/c1-9-16-7-6-13(17-9)12(15)8-10-2-4-11(14)5-3-10/h2-7,12H,8,15H2,1H3. The van der Waals surface area contributed by atoms with Crippen molar-refractivity contribution in [3.8, 4) is 0 Å². The summed E-state index contributed by atoms with van der Waals surface area (Å²) in [6.07, 6.45) is 2.48. The number of benzene rings is 1. The van der Waals surface area contributed by atoms with E-state index in [-0.39, 0.29) is 6.04 Å². The van der Waals surface area contributed by atoms with Gasteiger partial charge in [-0.3, -0.25) is 0 Å². The molecule has 0 saturated heterocycles. The maximum Gasteiger partial charge on any atom is 0.125 e. The van der Waals surface area contributed by atoms with Crippen molar-refractivity contribution in [3.05, 3.63) is 58.6 Å². The van der Waals surface area contributed by atoms with Crippen LogP contribution in [0.2, 0.25) is 5.02 Å². The predicted octanol–water partition coefficient (Wildman–Crippen LogP) is 2.68. The Kier molecular flexibility index (Phi) is 3.71. The first-order valence-electron chi connectivity index (χ1n) is 5.45. The minimum Gasteiger partial charge on any atom is -0.322 e. The minimum absolute atomic E-state index is 0.113. The van der Waals surface area contributed by atoms with Gasteiger partial charge in [-0.25, -0.2) is 9.97 Å². The van der Waals surface area contributed by atoms with Gasteiger partial charge in [-0.05, 0) is 37.1 Å². The van der Waals surface area contributed by atoms with Gasteiger partial charge in [0.15, 0.2) is 0 Å². The zero-order valence-electron chi connectivity index (χ0n) is 9.60. The first-order valence-corrected chi connectivity index (χ1v) is 5.82. The molecule has 0 spiro atoms. The summed E-state index contributed by atoms with van der Waals surface area (Å²) in [7, 11) is 0. The second-order valence-corrected chi connectivity index (χ2v) is 4.40. The van der Waals surface area contributed by atoms with Crippen LogP contribution in [-0.2, 0) is 6.42 Å². The number of halogens is 1. The van der Waals surface area contributed by atoms with Crippen LogP contribution in [0.25, 0.3) is 0 Å². The normalized spacial score (nSPS) is 12.4. The molecule has 0 amide bonds. The monoisotopic (exact) mass is 247 g/mol. The number of hydrogen-bond acceptors (Lipinski definition) is 3. The molecule has 1 aromatic heterocycles. The fraction of sp³-hybridized carbons (Fsp3) is 0.231. The van der Waals surface area contributed by atoms with Crippen LogP contribution >= 0.6 is 11.6 Å². The second kappa shape index (κ2) is 5.25. The average molecular weight is 248 g/mol. The van der Waals surface area contributed by atoms with E-state index in [0.717, 1.165) is 28.5 Å². The maximum absolute atomic E-state index is 6.11. The summed E-state index contributed by atoms with van der Waals surface area (Å²) in [4.78, 5) is 8.38. The third kappa shape index (κ3) is 3.25. The predicted molar refractivity (Wildman–Crippen MR) is 68.9 cm³/mol. The highest BCUT2D eigenvalue weighted by Crippen LogP contribution is 2.16. The van der Waals surface area contributed by atoms with Gasteiger partial charge in [0.25, 0.3) is 0 Å². The summed E-state index contributed by atoms with van der Waals surface area (Å²) in [6, 6.07) is 9.45. The molecule has 2 aromatic rings. The van der Waals surface area contributed by atoms with Crippen molar-refractivity contribution in [1.82, 2.24) is 9.97 Å². The summed E-state index contributed by atoms with van der Waals surface area (Å²) < 4.78 is 0. The summed E-state index contributed by atoms with van der Waals surface area (Å²) in [6.45, 7) is 1.86. The highest BCUT2D eigenvalue weighted by molar-refractivity contribution is 6.30. The highest BCUT2D eigenvalue weighted by Gasteiger charge is 2.08. The second-order valence-electron chi connectivity index (χ2n) is 3.97. The van der Waals surface area contributed by atoms with Crippen molar-refractivity contribution in [2.45, 2.75) is 19.4 Å². The third-order valence-electron chi connectivity index (χ3n) is 2.55. The topological polar surface area (TPSA) is 51.8 Å². The molecular formula is C13H14ClN3. The van der Waals surface area contributed by atoms with Gasteiger partial charge in [0.05, 0.1) is 11.7 Å². The third-order valence-corrected chi connectivity index (χ3v) is 2.80. The van der Waals surface area contributed by atoms with E-state index in [1.807, 2.05) is 37.3 Å². The number of nitrogens with zero attached hydrogens (tertiary/aromatic N) is 2. The van der Waals surface area contributed by atoms with Gasteiger partial charge in [-0.2, -0.15) is 0 Å². The Bertz CT molecular complexity index is 496. The Morgan fingerprint density at radius 1 is 1.24 bits per heavy atom. The average Bonchev–Trinajstić information content (AvgIpc) is 2.32. The molecule has 2 N–H and O–H groups in total. The van der Waals surface area contributed by atoms with Crippen LogP contribution in [0.3, 0.4) is 0 Å². The highest BCUT2D eigenvalue weighted by atomic mass is 35.5. The first-order chi connectivity index (χ1) is 8.15. The van der Waals surface area contributed by atoms with Gasteiger partial charge < -0.3 is 5.73 Å². The number of aromatic nitrogens is 2. The molecule has 0 saturated carbocycles. The lowest BCUT2D eigenvalue weighted by atomic mass is 10.0. The van der Waals surface area contributed by atoms with E-state index in [1.54, 1.807) is 6.20 Å². The Morgan fingerprint density at radius 3 is 2.59 bits per heavy atom. The van der Waals surface area contributed by atoms with Crippen molar-refractivity contribution >= 4 is 11.6 Å². The van der Waals surface area contributed by atoms with E-state index in [4.69, 9.17) is 17.3 Å². The van der Waals surface area contributed by atoms with Crippen LogP contribution in [0.5, 0.6) is 0 Å². The van der Waals surface area contributed by atoms with Gasteiger partial charge in [0.2, 0.25) is 0 Å². The van der Waals surface area contributed by atoms with Crippen LogP contribution in [0.15, 0.2) is 36.5 Å². The molecule has 88 valence electrons. The van der Waals surface area contributed by atoms with Crippen LogP contribution in [0.4, 0.5) is 0 Å². The fourth-order valence-corrected chi connectivity index (χ4v) is 1.79. The zero-order chi connectivity index (χ0) is 12.3. The summed E-state index contributed by atoms with van der Waals surface area (Å²) in [5, 5.41) is 0.736.